The quantitative estimate of drug-likeness (QED) is 0.00632. The molecule has 4 amide bonds. The molecule has 8 N–H and O–H groups in total. The maximum atomic E-state index is 12.0. The van der Waals surface area contributed by atoms with Gasteiger partial charge in [0.25, 0.3) is 0 Å². The minimum Gasteiger partial charge on any atom is -1.00 e. The summed E-state index contributed by atoms with van der Waals surface area (Å²) >= 11 is 0. The summed E-state index contributed by atoms with van der Waals surface area (Å²) in [5.74, 6) is -1.32. The van der Waals surface area contributed by atoms with Gasteiger partial charge in [0.05, 0.1) is 104 Å². The Bertz CT molecular complexity index is 2180. The number of hydrogen-bond acceptors (Lipinski definition) is 12. The standard InChI is InChI=1S/C28H52N2O4.C25H48N2O2.C15H25NO4.C12H21NO2.2CH4.2HI/c1-6-9-16-20-26(34-28(33)8-3)25(31)19-17-14-12-10-11-13-15-18-21-27(32)29-22-24-30(4,5)23-7-2;1-5-7-14-17-23-24(29-23)18-15-12-10-8-9-11-13-16-19-25(28)26-20-22-27(3,4)21-6-2;1-3-5-6-10-13(20-15(19)4-2)12(17)9-7-8-11-14(16)18;1-2-3-4-7-10-11(15-10)8-5-6-9-12(13)14;;;;/h8,14,17,25-26,31H,3,6-7,9-13,15-16,18-24H2,1-2,4-5H3;12,15,23-24H,5-11,13-14,16-22H2,1-4H3;4,7-8,12-13,17H,2-3,5-6,9-11H2,1H3,(H2,16,18);5-6,10-11H,2-4,7-9H2,1H3,(H2,13,14);2*1H4;2*1H/b17-14+;15-12+;8-7+;6-5+;;;;. The predicted octanol–water partition coefficient (Wildman–Crippen LogP) is 10.2. The van der Waals surface area contributed by atoms with Crippen LogP contribution in [0.15, 0.2) is 73.9 Å². The van der Waals surface area contributed by atoms with Gasteiger partial charge >= 0.3 is 11.9 Å². The molecular formula is C82H156I2N6O12. The van der Waals surface area contributed by atoms with Crippen LogP contribution >= 0.6 is 0 Å². The fraction of sp³-hybridized carbons (Fsp3) is 0.780. The van der Waals surface area contributed by atoms with Crippen LogP contribution in [0.1, 0.15) is 300 Å². The number of likely N-dealkylation sites (N-methyl/N-ethyl adjacent to an activating group) is 2. The summed E-state index contributed by atoms with van der Waals surface area (Å²) in [6.45, 7) is 25.7. The number of halogens is 2. The number of carbonyl (C=O) groups excluding carboxylic acids is 6. The maximum Gasteiger partial charge on any atom is 0.330 e. The molecule has 0 aromatic carbocycles. The minimum absolute atomic E-state index is 0. The van der Waals surface area contributed by atoms with E-state index in [9.17, 15) is 39.0 Å². The summed E-state index contributed by atoms with van der Waals surface area (Å²) < 4.78 is 23.6. The van der Waals surface area contributed by atoms with E-state index in [1.54, 1.807) is 12.2 Å². The average Bonchev–Trinajstić information content (AvgIpc) is 1.71. The molecule has 0 aliphatic carbocycles. The predicted molar refractivity (Wildman–Crippen MR) is 417 cm³/mol. The number of ether oxygens (including phenoxy) is 4. The number of quaternary nitrogens is 2. The van der Waals surface area contributed by atoms with E-state index < -0.39 is 42.3 Å². The first-order valence-corrected chi connectivity index (χ1v) is 38.7. The number of carbonyl (C=O) groups is 6. The summed E-state index contributed by atoms with van der Waals surface area (Å²) in [4.78, 5) is 67.7. The second-order valence-corrected chi connectivity index (χ2v) is 28.2. The van der Waals surface area contributed by atoms with Gasteiger partial charge in [-0.2, -0.15) is 0 Å². The molecule has 600 valence electrons. The second kappa shape index (κ2) is 74.3. The lowest BCUT2D eigenvalue weighted by molar-refractivity contribution is -0.889. The smallest absolute Gasteiger partial charge is 0.330 e. The van der Waals surface area contributed by atoms with Gasteiger partial charge in [-0.15, -0.1) is 0 Å². The number of aliphatic hydroxyl groups excluding tert-OH is 2. The molecule has 2 rings (SSSR count). The monoisotopic (exact) mass is 1670 g/mol. The fourth-order valence-electron chi connectivity index (χ4n) is 11.4. The van der Waals surface area contributed by atoms with Gasteiger partial charge in [0.15, 0.2) is 0 Å². The first-order chi connectivity index (χ1) is 47.0. The van der Waals surface area contributed by atoms with E-state index in [1.807, 2.05) is 18.2 Å². The Balaban J connectivity index is -0.000000309. The van der Waals surface area contributed by atoms with Crippen molar-refractivity contribution in [1.82, 2.24) is 10.6 Å². The Labute approximate surface area is 658 Å². The summed E-state index contributed by atoms with van der Waals surface area (Å²) in [6, 6.07) is 0. The molecule has 0 radical (unpaired) electrons. The second-order valence-electron chi connectivity index (χ2n) is 28.2. The van der Waals surface area contributed by atoms with Gasteiger partial charge in [-0.25, -0.2) is 9.59 Å². The number of hydrogen-bond donors (Lipinski definition) is 6. The Morgan fingerprint density at radius 3 is 1.14 bits per heavy atom. The number of rotatable bonds is 60. The Kier molecular flexibility index (Phi) is 79.7. The SMILES string of the molecule is C.C.C=CC(=O)OC(CCCCC)C(O)C/C=C/CC(N)=O.C=CC(=O)OC(CCCCC)C(O)C/C=C/CCCCCCCC(=O)NCC[N+](C)(C)CCC.CCCCCC1OC1C/C=C/CC(N)=O.CCCCCC1OC1C/C=C/CCCCCCCC(=O)NCC[N+](C)(C)CCC.[I-].[I-]. The molecule has 2 aliphatic heterocycles. The molecule has 0 aromatic rings. The minimum atomic E-state index is -0.792. The zero-order valence-electron chi connectivity index (χ0n) is 64.7. The van der Waals surface area contributed by atoms with Gasteiger partial charge in [-0.05, 0) is 116 Å². The largest absolute Gasteiger partial charge is 1.00 e. The van der Waals surface area contributed by atoms with E-state index >= 15 is 0 Å². The lowest BCUT2D eigenvalue weighted by Gasteiger charge is -2.29. The van der Waals surface area contributed by atoms with Gasteiger partial charge in [-0.3, -0.25) is 19.2 Å². The molecular weight excluding hydrogens is 1510 g/mol. The van der Waals surface area contributed by atoms with Crippen LogP contribution < -0.4 is 70.1 Å². The van der Waals surface area contributed by atoms with Crippen molar-refractivity contribution in [2.24, 2.45) is 11.5 Å². The molecule has 8 unspecified atom stereocenters. The van der Waals surface area contributed by atoms with Crippen molar-refractivity contribution >= 4 is 35.6 Å². The fourth-order valence-corrected chi connectivity index (χ4v) is 11.4. The molecule has 0 aromatic heterocycles. The number of epoxide rings is 2. The molecule has 18 nitrogen and oxygen atoms in total. The van der Waals surface area contributed by atoms with Crippen molar-refractivity contribution in [3.63, 3.8) is 0 Å². The number of nitrogens with one attached hydrogen (secondary N) is 2. The van der Waals surface area contributed by atoms with Gasteiger partial charge in [-0.1, -0.05) is 221 Å². The lowest BCUT2D eigenvalue weighted by Crippen LogP contribution is -3.00. The number of primary amides is 2. The van der Waals surface area contributed by atoms with E-state index in [1.165, 1.54) is 96.4 Å². The normalized spacial score (nSPS) is 16.3. The molecule has 2 aliphatic rings. The first-order valence-electron chi connectivity index (χ1n) is 38.7. The molecule has 0 saturated carbocycles. The number of nitrogens with zero attached hydrogens (tertiary/aromatic N) is 2. The van der Waals surface area contributed by atoms with Crippen LogP contribution in [0, 0.1) is 0 Å². The van der Waals surface area contributed by atoms with Crippen LogP contribution in [-0.2, 0) is 47.7 Å². The van der Waals surface area contributed by atoms with Crippen molar-refractivity contribution in [3.05, 3.63) is 73.9 Å². The first kappa shape index (κ1) is 109. The topological polar surface area (TPSA) is 262 Å². The van der Waals surface area contributed by atoms with Crippen molar-refractivity contribution < 1.29 is 115 Å². The zero-order valence-corrected chi connectivity index (χ0v) is 69.0. The van der Waals surface area contributed by atoms with E-state index in [-0.39, 0.29) is 86.9 Å². The third-order valence-electron chi connectivity index (χ3n) is 17.6. The third kappa shape index (κ3) is 72.1. The number of esters is 2. The van der Waals surface area contributed by atoms with Crippen LogP contribution in [0.3, 0.4) is 0 Å². The maximum absolute atomic E-state index is 12.0. The number of allylic oxidation sites excluding steroid dienone is 2. The molecule has 2 saturated heterocycles. The van der Waals surface area contributed by atoms with Crippen molar-refractivity contribution in [2.45, 2.75) is 349 Å². The molecule has 20 heteroatoms. The molecule has 8 atom stereocenters. The lowest BCUT2D eigenvalue weighted by atomic mass is 10.0. The number of unbranched alkanes of at least 4 members (excludes halogenated alkanes) is 18. The Hall–Kier alpha value is -3.52. The highest BCUT2D eigenvalue weighted by Gasteiger charge is 2.37. The summed E-state index contributed by atoms with van der Waals surface area (Å²) in [5.41, 5.74) is 10.0. The van der Waals surface area contributed by atoms with Crippen LogP contribution in [0.25, 0.3) is 0 Å². The highest BCUT2D eigenvalue weighted by Crippen LogP contribution is 2.31. The molecule has 0 bridgehead atoms. The van der Waals surface area contributed by atoms with Crippen molar-refractivity contribution in [2.75, 3.05) is 67.5 Å². The average molecular weight is 1670 g/mol. The van der Waals surface area contributed by atoms with E-state index in [4.69, 9.17) is 30.4 Å². The molecule has 102 heavy (non-hydrogen) atoms. The molecule has 2 fully saturated rings. The highest BCUT2D eigenvalue weighted by atomic mass is 127. The summed E-state index contributed by atoms with van der Waals surface area (Å²) in [6.07, 6.45) is 55.5. The molecule has 0 spiro atoms. The van der Waals surface area contributed by atoms with Gasteiger partial charge in [0, 0.05) is 37.8 Å². The summed E-state index contributed by atoms with van der Waals surface area (Å²) in [7, 11) is 8.88. The van der Waals surface area contributed by atoms with Crippen molar-refractivity contribution in [1.29, 1.82) is 0 Å². The van der Waals surface area contributed by atoms with Crippen LogP contribution in [0.5, 0.6) is 0 Å². The van der Waals surface area contributed by atoms with Crippen LogP contribution in [0.2, 0.25) is 0 Å². The van der Waals surface area contributed by atoms with Crippen LogP contribution in [0.4, 0.5) is 0 Å². The number of aliphatic hydroxyl groups is 2. The van der Waals surface area contributed by atoms with E-state index in [0.29, 0.717) is 69.4 Å². The van der Waals surface area contributed by atoms with E-state index in [2.05, 4.69) is 112 Å². The number of amides is 4. The van der Waals surface area contributed by atoms with Gasteiger partial charge < -0.3 is 108 Å². The third-order valence-corrected chi connectivity index (χ3v) is 17.6. The van der Waals surface area contributed by atoms with Crippen LogP contribution in [-0.4, -0.2) is 171 Å². The van der Waals surface area contributed by atoms with Crippen molar-refractivity contribution in [3.8, 4) is 0 Å². The van der Waals surface area contributed by atoms with Gasteiger partial charge in [0.2, 0.25) is 23.6 Å². The van der Waals surface area contributed by atoms with E-state index in [0.717, 1.165) is 157 Å². The number of nitrogens with two attached hydrogens (primary N) is 2. The molecule has 2 heterocycles. The highest BCUT2D eigenvalue weighted by molar-refractivity contribution is 5.82. The Morgan fingerprint density at radius 2 is 0.775 bits per heavy atom. The summed E-state index contributed by atoms with van der Waals surface area (Å²) in [5, 5.41) is 26.6. The zero-order chi connectivity index (χ0) is 73.5. The van der Waals surface area contributed by atoms with Gasteiger partial charge in [0.1, 0.15) is 12.2 Å². The Morgan fingerprint density at radius 1 is 0.441 bits per heavy atom.